The minimum absolute atomic E-state index is 0.119. The SMILES string of the molecule is Cc1cc(NC2CCCC(CC(C)C)C2)ccc1F. The number of rotatable bonds is 4. The van der Waals surface area contributed by atoms with Crippen LogP contribution in [0.15, 0.2) is 18.2 Å². The molecule has 1 nitrogen and oxygen atoms in total. The number of nitrogens with one attached hydrogen (secondary N) is 1. The van der Waals surface area contributed by atoms with Crippen molar-refractivity contribution in [3.05, 3.63) is 29.6 Å². The average molecular weight is 263 g/mol. The molecule has 0 amide bonds. The van der Waals surface area contributed by atoms with Gasteiger partial charge in [0, 0.05) is 11.7 Å². The zero-order valence-corrected chi connectivity index (χ0v) is 12.4. The van der Waals surface area contributed by atoms with Gasteiger partial charge in [0.1, 0.15) is 5.82 Å². The molecular weight excluding hydrogens is 237 g/mol. The quantitative estimate of drug-likeness (QED) is 0.792. The molecule has 0 spiro atoms. The molecule has 19 heavy (non-hydrogen) atoms. The van der Waals surface area contributed by atoms with Crippen molar-refractivity contribution in [3.8, 4) is 0 Å². The summed E-state index contributed by atoms with van der Waals surface area (Å²) in [4.78, 5) is 0. The number of hydrogen-bond donors (Lipinski definition) is 1. The number of aryl methyl sites for hydroxylation is 1. The van der Waals surface area contributed by atoms with Crippen LogP contribution in [0.1, 0.15) is 51.5 Å². The van der Waals surface area contributed by atoms with Crippen LogP contribution in [0.25, 0.3) is 0 Å². The highest BCUT2D eigenvalue weighted by molar-refractivity contribution is 5.46. The van der Waals surface area contributed by atoms with Gasteiger partial charge in [-0.15, -0.1) is 0 Å². The number of hydrogen-bond acceptors (Lipinski definition) is 1. The second-order valence-electron chi connectivity index (χ2n) is 6.47. The minimum Gasteiger partial charge on any atom is -0.382 e. The fourth-order valence-electron chi connectivity index (χ4n) is 3.27. The van der Waals surface area contributed by atoms with Gasteiger partial charge in [0.2, 0.25) is 0 Å². The molecule has 0 saturated heterocycles. The average Bonchev–Trinajstić information content (AvgIpc) is 2.33. The molecule has 0 aliphatic heterocycles. The highest BCUT2D eigenvalue weighted by Gasteiger charge is 2.22. The van der Waals surface area contributed by atoms with E-state index in [1.54, 1.807) is 6.07 Å². The summed E-state index contributed by atoms with van der Waals surface area (Å²) in [5, 5.41) is 3.59. The van der Waals surface area contributed by atoms with Crippen molar-refractivity contribution in [2.75, 3.05) is 5.32 Å². The summed E-state index contributed by atoms with van der Waals surface area (Å²) in [5.41, 5.74) is 1.79. The van der Waals surface area contributed by atoms with Crippen LogP contribution >= 0.6 is 0 Å². The van der Waals surface area contributed by atoms with Crippen LogP contribution in [-0.2, 0) is 0 Å². The first-order valence-corrected chi connectivity index (χ1v) is 7.57. The van der Waals surface area contributed by atoms with Gasteiger partial charge >= 0.3 is 0 Å². The molecular formula is C17H26FN. The molecule has 1 aliphatic rings. The van der Waals surface area contributed by atoms with E-state index in [0.29, 0.717) is 6.04 Å². The fraction of sp³-hybridized carbons (Fsp3) is 0.647. The predicted octanol–water partition coefficient (Wildman–Crippen LogP) is 5.15. The molecule has 1 aliphatic carbocycles. The Labute approximate surface area is 116 Å². The summed E-state index contributed by atoms with van der Waals surface area (Å²) < 4.78 is 13.3. The number of benzene rings is 1. The van der Waals surface area contributed by atoms with Crippen LogP contribution in [0, 0.1) is 24.6 Å². The topological polar surface area (TPSA) is 12.0 Å². The summed E-state index contributed by atoms with van der Waals surface area (Å²) in [6.07, 6.45) is 6.52. The summed E-state index contributed by atoms with van der Waals surface area (Å²) in [5.74, 6) is 1.52. The molecule has 0 aromatic heterocycles. The zero-order chi connectivity index (χ0) is 13.8. The predicted molar refractivity (Wildman–Crippen MR) is 80.0 cm³/mol. The maximum atomic E-state index is 13.3. The Balaban J connectivity index is 1.92. The highest BCUT2D eigenvalue weighted by Crippen LogP contribution is 2.31. The Hall–Kier alpha value is -1.05. The zero-order valence-electron chi connectivity index (χ0n) is 12.4. The molecule has 0 bridgehead atoms. The number of anilines is 1. The lowest BCUT2D eigenvalue weighted by Crippen LogP contribution is -2.28. The molecule has 1 saturated carbocycles. The van der Waals surface area contributed by atoms with Gasteiger partial charge in [0.15, 0.2) is 0 Å². The van der Waals surface area contributed by atoms with Crippen LogP contribution in [0.5, 0.6) is 0 Å². The first-order valence-electron chi connectivity index (χ1n) is 7.57. The highest BCUT2D eigenvalue weighted by atomic mass is 19.1. The van der Waals surface area contributed by atoms with Crippen molar-refractivity contribution in [1.82, 2.24) is 0 Å². The molecule has 1 aromatic rings. The van der Waals surface area contributed by atoms with Crippen molar-refractivity contribution >= 4 is 5.69 Å². The Morgan fingerprint density at radius 2 is 2.11 bits per heavy atom. The van der Waals surface area contributed by atoms with E-state index >= 15 is 0 Å². The molecule has 2 atom stereocenters. The molecule has 2 rings (SSSR count). The Morgan fingerprint density at radius 3 is 2.79 bits per heavy atom. The van der Waals surface area contributed by atoms with Crippen LogP contribution in [-0.4, -0.2) is 6.04 Å². The third-order valence-electron chi connectivity index (χ3n) is 4.12. The third kappa shape index (κ3) is 4.22. The van der Waals surface area contributed by atoms with E-state index in [4.69, 9.17) is 0 Å². The van der Waals surface area contributed by atoms with Gasteiger partial charge < -0.3 is 5.32 Å². The van der Waals surface area contributed by atoms with E-state index in [1.807, 2.05) is 19.1 Å². The Kier molecular flexibility index (Phi) is 4.84. The first-order chi connectivity index (χ1) is 9.04. The molecule has 2 heteroatoms. The van der Waals surface area contributed by atoms with Crippen molar-refractivity contribution in [2.45, 2.75) is 58.9 Å². The van der Waals surface area contributed by atoms with E-state index in [2.05, 4.69) is 19.2 Å². The van der Waals surface area contributed by atoms with Crippen molar-refractivity contribution < 1.29 is 4.39 Å². The molecule has 2 unspecified atom stereocenters. The molecule has 1 fully saturated rings. The second-order valence-corrected chi connectivity index (χ2v) is 6.47. The van der Waals surface area contributed by atoms with Gasteiger partial charge in [-0.2, -0.15) is 0 Å². The van der Waals surface area contributed by atoms with Gasteiger partial charge in [-0.3, -0.25) is 0 Å². The van der Waals surface area contributed by atoms with E-state index in [9.17, 15) is 4.39 Å². The molecule has 0 heterocycles. The van der Waals surface area contributed by atoms with Crippen LogP contribution < -0.4 is 5.32 Å². The van der Waals surface area contributed by atoms with Crippen molar-refractivity contribution in [3.63, 3.8) is 0 Å². The lowest BCUT2D eigenvalue weighted by Gasteiger charge is -2.31. The summed E-state index contributed by atoms with van der Waals surface area (Å²) in [7, 11) is 0. The lowest BCUT2D eigenvalue weighted by molar-refractivity contribution is 0.289. The molecule has 0 radical (unpaired) electrons. The summed E-state index contributed by atoms with van der Waals surface area (Å²) in [6.45, 7) is 6.43. The lowest BCUT2D eigenvalue weighted by atomic mass is 9.81. The van der Waals surface area contributed by atoms with E-state index in [-0.39, 0.29) is 5.82 Å². The largest absolute Gasteiger partial charge is 0.382 e. The van der Waals surface area contributed by atoms with Crippen LogP contribution in [0.3, 0.4) is 0 Å². The smallest absolute Gasteiger partial charge is 0.126 e. The standard InChI is InChI=1S/C17H26FN/c1-12(2)9-14-5-4-6-15(11-14)19-16-7-8-17(18)13(3)10-16/h7-8,10,12,14-15,19H,4-6,9,11H2,1-3H3. The van der Waals surface area contributed by atoms with Gasteiger partial charge in [0.25, 0.3) is 0 Å². The van der Waals surface area contributed by atoms with Crippen molar-refractivity contribution in [2.24, 2.45) is 11.8 Å². The Morgan fingerprint density at radius 1 is 1.32 bits per heavy atom. The Bertz CT molecular complexity index is 414. The van der Waals surface area contributed by atoms with Gasteiger partial charge in [-0.05, 0) is 61.8 Å². The van der Waals surface area contributed by atoms with E-state index < -0.39 is 0 Å². The van der Waals surface area contributed by atoms with Gasteiger partial charge in [-0.1, -0.05) is 26.7 Å². The maximum Gasteiger partial charge on any atom is 0.126 e. The summed E-state index contributed by atoms with van der Waals surface area (Å²) >= 11 is 0. The van der Waals surface area contributed by atoms with Crippen molar-refractivity contribution in [1.29, 1.82) is 0 Å². The molecule has 106 valence electrons. The van der Waals surface area contributed by atoms with Gasteiger partial charge in [0.05, 0.1) is 0 Å². The number of halogens is 1. The first kappa shape index (κ1) is 14.4. The van der Waals surface area contributed by atoms with Crippen LogP contribution in [0.2, 0.25) is 0 Å². The third-order valence-corrected chi connectivity index (χ3v) is 4.12. The fourth-order valence-corrected chi connectivity index (χ4v) is 3.27. The monoisotopic (exact) mass is 263 g/mol. The maximum absolute atomic E-state index is 13.3. The summed E-state index contributed by atoms with van der Waals surface area (Å²) in [6, 6.07) is 5.89. The molecule has 1 N–H and O–H groups in total. The normalized spacial score (nSPS) is 23.6. The minimum atomic E-state index is -0.119. The second kappa shape index (κ2) is 6.40. The van der Waals surface area contributed by atoms with E-state index in [0.717, 1.165) is 23.1 Å². The van der Waals surface area contributed by atoms with E-state index in [1.165, 1.54) is 32.1 Å². The van der Waals surface area contributed by atoms with Crippen LogP contribution in [0.4, 0.5) is 10.1 Å². The van der Waals surface area contributed by atoms with Gasteiger partial charge in [-0.25, -0.2) is 4.39 Å². The molecule has 1 aromatic carbocycles.